The monoisotopic (exact) mass is 451 g/mol. The molecule has 3 saturated heterocycles. The number of imide groups is 1. The van der Waals surface area contributed by atoms with Gasteiger partial charge in [0.1, 0.15) is 0 Å². The van der Waals surface area contributed by atoms with Crippen LogP contribution >= 0.6 is 12.4 Å². The molecule has 0 bridgehead atoms. The van der Waals surface area contributed by atoms with Gasteiger partial charge in [-0.3, -0.25) is 14.5 Å². The predicted octanol–water partition coefficient (Wildman–Crippen LogP) is 3.38. The third-order valence-electron chi connectivity index (χ3n) is 8.39. The highest BCUT2D eigenvalue weighted by molar-refractivity contribution is 6.07. The molecule has 3 heterocycles. The minimum absolute atomic E-state index is 0. The van der Waals surface area contributed by atoms with Crippen LogP contribution in [0.2, 0.25) is 0 Å². The van der Waals surface area contributed by atoms with Crippen molar-refractivity contribution in [2.24, 2.45) is 11.8 Å². The highest BCUT2D eigenvalue weighted by Crippen LogP contribution is 2.58. The summed E-state index contributed by atoms with van der Waals surface area (Å²) in [4.78, 5) is 31.0. The highest BCUT2D eigenvalue weighted by Gasteiger charge is 2.69. The summed E-state index contributed by atoms with van der Waals surface area (Å²) in [7, 11) is 1.68. The molecule has 0 saturated carbocycles. The van der Waals surface area contributed by atoms with E-state index in [1.165, 1.54) is 16.0 Å². The van der Waals surface area contributed by atoms with E-state index in [4.69, 9.17) is 0 Å². The second-order valence-corrected chi connectivity index (χ2v) is 9.63. The molecule has 1 aliphatic carbocycles. The van der Waals surface area contributed by atoms with Gasteiger partial charge in [-0.25, -0.2) is 0 Å². The van der Waals surface area contributed by atoms with Crippen molar-refractivity contribution in [3.05, 3.63) is 65.7 Å². The standard InChI is InChI=1S/C26H29N3O2.ClH/c1-28-24(30)21-22(25(28)31)26(13-15-27-16-14-26)29(18-8-3-2-4-9-18)23(21)20-12-11-17-7-5-6-10-19(17)20;/h2-10,20-23,27H,11-16H2,1H3;1H. The van der Waals surface area contributed by atoms with Crippen molar-refractivity contribution in [1.82, 2.24) is 10.2 Å². The number of carbonyl (C=O) groups excluding carboxylic acids is 2. The van der Waals surface area contributed by atoms with E-state index in [2.05, 4.69) is 58.7 Å². The lowest BCUT2D eigenvalue weighted by molar-refractivity contribution is -0.139. The van der Waals surface area contributed by atoms with E-state index >= 15 is 0 Å². The van der Waals surface area contributed by atoms with Gasteiger partial charge >= 0.3 is 0 Å². The number of halogens is 1. The Labute approximate surface area is 195 Å². The lowest BCUT2D eigenvalue weighted by Crippen LogP contribution is -2.59. The maximum atomic E-state index is 13.5. The van der Waals surface area contributed by atoms with Crippen molar-refractivity contribution in [1.29, 1.82) is 0 Å². The predicted molar refractivity (Wildman–Crippen MR) is 127 cm³/mol. The van der Waals surface area contributed by atoms with Crippen molar-refractivity contribution in [3.63, 3.8) is 0 Å². The fourth-order valence-corrected chi connectivity index (χ4v) is 7.16. The van der Waals surface area contributed by atoms with E-state index in [0.29, 0.717) is 0 Å². The SMILES string of the molecule is CN1C(=O)C2C(C3CCc4ccccc43)N(c3ccccc3)C3(CCNCC3)C2C1=O.Cl. The summed E-state index contributed by atoms with van der Waals surface area (Å²) in [6.45, 7) is 1.76. The molecular weight excluding hydrogens is 422 g/mol. The summed E-state index contributed by atoms with van der Waals surface area (Å²) in [6, 6.07) is 19.2. The summed E-state index contributed by atoms with van der Waals surface area (Å²) < 4.78 is 0. The van der Waals surface area contributed by atoms with Crippen LogP contribution in [0.5, 0.6) is 0 Å². The maximum Gasteiger partial charge on any atom is 0.235 e. The van der Waals surface area contributed by atoms with Crippen LogP contribution in [0.3, 0.4) is 0 Å². The number of fused-ring (bicyclic) bond motifs is 3. The first-order chi connectivity index (χ1) is 15.1. The minimum Gasteiger partial charge on any atom is -0.360 e. The number of hydrogen-bond donors (Lipinski definition) is 1. The van der Waals surface area contributed by atoms with Gasteiger partial charge in [-0.05, 0) is 62.0 Å². The van der Waals surface area contributed by atoms with Crippen molar-refractivity contribution < 1.29 is 9.59 Å². The van der Waals surface area contributed by atoms with Crippen molar-refractivity contribution in [2.75, 3.05) is 25.0 Å². The van der Waals surface area contributed by atoms with Gasteiger partial charge in [0.2, 0.25) is 11.8 Å². The Balaban J connectivity index is 0.00000216. The highest BCUT2D eigenvalue weighted by atomic mass is 35.5. The molecule has 2 amide bonds. The van der Waals surface area contributed by atoms with E-state index in [0.717, 1.165) is 44.5 Å². The molecule has 32 heavy (non-hydrogen) atoms. The van der Waals surface area contributed by atoms with Crippen LogP contribution in [0.25, 0.3) is 0 Å². The third kappa shape index (κ3) is 2.80. The molecule has 6 heteroatoms. The zero-order valence-corrected chi connectivity index (χ0v) is 19.2. The molecule has 5 nitrogen and oxygen atoms in total. The van der Waals surface area contributed by atoms with Gasteiger partial charge in [-0.15, -0.1) is 12.4 Å². The summed E-state index contributed by atoms with van der Waals surface area (Å²) in [5.74, 6) is -0.231. The van der Waals surface area contributed by atoms with Gasteiger partial charge in [0, 0.05) is 24.7 Å². The number of amides is 2. The van der Waals surface area contributed by atoms with Gasteiger partial charge in [0.15, 0.2) is 0 Å². The second kappa shape index (κ2) is 7.89. The Hall–Kier alpha value is -2.37. The first-order valence-corrected chi connectivity index (χ1v) is 11.6. The quantitative estimate of drug-likeness (QED) is 0.711. The van der Waals surface area contributed by atoms with Crippen LogP contribution < -0.4 is 10.2 Å². The number of aryl methyl sites for hydroxylation is 1. The van der Waals surface area contributed by atoms with E-state index in [1.807, 2.05) is 6.07 Å². The summed E-state index contributed by atoms with van der Waals surface area (Å²) in [6.07, 6.45) is 3.86. The topological polar surface area (TPSA) is 52.7 Å². The molecule has 2 aromatic rings. The number of para-hydroxylation sites is 1. The van der Waals surface area contributed by atoms with E-state index < -0.39 is 0 Å². The van der Waals surface area contributed by atoms with Crippen LogP contribution in [0, 0.1) is 11.8 Å². The van der Waals surface area contributed by atoms with Crippen LogP contribution in [0.4, 0.5) is 5.69 Å². The molecule has 0 radical (unpaired) electrons. The first-order valence-electron chi connectivity index (χ1n) is 11.6. The van der Waals surface area contributed by atoms with Crippen LogP contribution in [-0.4, -0.2) is 48.4 Å². The zero-order chi connectivity index (χ0) is 21.2. The van der Waals surface area contributed by atoms with E-state index in [1.54, 1.807) is 7.05 Å². The zero-order valence-electron chi connectivity index (χ0n) is 18.4. The van der Waals surface area contributed by atoms with Gasteiger partial charge < -0.3 is 10.2 Å². The molecule has 4 atom stereocenters. The first kappa shape index (κ1) is 21.5. The average molecular weight is 452 g/mol. The fraction of sp³-hybridized carbons (Fsp3) is 0.462. The average Bonchev–Trinajstić information content (AvgIpc) is 3.42. The molecule has 168 valence electrons. The summed E-state index contributed by atoms with van der Waals surface area (Å²) in [5, 5.41) is 3.49. The number of nitrogens with zero attached hydrogens (tertiary/aromatic N) is 2. The van der Waals surface area contributed by atoms with E-state index in [-0.39, 0.29) is 53.6 Å². The number of rotatable bonds is 2. The number of anilines is 1. The molecule has 2 aromatic carbocycles. The molecule has 3 aliphatic heterocycles. The van der Waals surface area contributed by atoms with Gasteiger partial charge in [-0.2, -0.15) is 0 Å². The van der Waals surface area contributed by atoms with Gasteiger partial charge in [0.25, 0.3) is 0 Å². The third-order valence-corrected chi connectivity index (χ3v) is 8.39. The minimum atomic E-state index is -0.309. The second-order valence-electron chi connectivity index (χ2n) is 9.63. The lowest BCUT2D eigenvalue weighted by atomic mass is 9.73. The Morgan fingerprint density at radius 3 is 2.38 bits per heavy atom. The Morgan fingerprint density at radius 1 is 0.938 bits per heavy atom. The maximum absolute atomic E-state index is 13.5. The Kier molecular flexibility index (Phi) is 5.30. The number of piperidine rings is 1. The number of carbonyl (C=O) groups is 2. The Bertz CT molecular complexity index is 1040. The number of likely N-dealkylation sites (tertiary alicyclic amines) is 1. The molecule has 6 rings (SSSR count). The van der Waals surface area contributed by atoms with Crippen molar-refractivity contribution >= 4 is 29.9 Å². The van der Waals surface area contributed by atoms with Gasteiger partial charge in [-0.1, -0.05) is 42.5 Å². The van der Waals surface area contributed by atoms with Crippen LogP contribution in [0.1, 0.15) is 36.3 Å². The molecule has 4 aliphatic rings. The van der Waals surface area contributed by atoms with E-state index in [9.17, 15) is 9.59 Å². The molecule has 0 aromatic heterocycles. The van der Waals surface area contributed by atoms with Crippen LogP contribution in [-0.2, 0) is 16.0 Å². The molecule has 1 spiro atoms. The molecular formula is C26H30ClN3O2. The fourth-order valence-electron chi connectivity index (χ4n) is 7.16. The van der Waals surface area contributed by atoms with Crippen molar-refractivity contribution in [3.8, 4) is 0 Å². The molecule has 4 unspecified atom stereocenters. The largest absolute Gasteiger partial charge is 0.360 e. The molecule has 1 N–H and O–H groups in total. The number of nitrogens with one attached hydrogen (secondary N) is 1. The van der Waals surface area contributed by atoms with Crippen LogP contribution in [0.15, 0.2) is 54.6 Å². The summed E-state index contributed by atoms with van der Waals surface area (Å²) in [5.41, 5.74) is 3.61. The lowest BCUT2D eigenvalue weighted by Gasteiger charge is -2.49. The Morgan fingerprint density at radius 2 is 1.62 bits per heavy atom. The number of benzene rings is 2. The molecule has 3 fully saturated rings. The smallest absolute Gasteiger partial charge is 0.235 e. The number of hydrogen-bond acceptors (Lipinski definition) is 4. The van der Waals surface area contributed by atoms with Crippen molar-refractivity contribution in [2.45, 2.75) is 43.2 Å². The normalized spacial score (nSPS) is 30.4. The summed E-state index contributed by atoms with van der Waals surface area (Å²) >= 11 is 0. The van der Waals surface area contributed by atoms with Gasteiger partial charge in [0.05, 0.1) is 17.4 Å².